The van der Waals surface area contributed by atoms with E-state index >= 15 is 0 Å². The van der Waals surface area contributed by atoms with Gasteiger partial charge in [-0.15, -0.1) is 0 Å². The minimum absolute atomic E-state index is 0.0736. The van der Waals surface area contributed by atoms with Gasteiger partial charge in [-0.2, -0.15) is 5.10 Å². The molecule has 112 valence electrons. The SMILES string of the molecule is NN(N)C(=O)c1nn(Cc2ccccc2F)c2ncccc12. The van der Waals surface area contributed by atoms with Crippen LogP contribution in [-0.4, -0.2) is 25.8 Å². The van der Waals surface area contributed by atoms with E-state index in [9.17, 15) is 9.18 Å². The molecule has 0 unspecified atom stereocenters. The summed E-state index contributed by atoms with van der Waals surface area (Å²) in [6.07, 6.45) is 1.57. The molecule has 0 aliphatic rings. The maximum atomic E-state index is 13.8. The quantitative estimate of drug-likeness (QED) is 0.423. The predicted molar refractivity (Wildman–Crippen MR) is 77.6 cm³/mol. The van der Waals surface area contributed by atoms with Crippen LogP contribution in [0.5, 0.6) is 0 Å². The molecule has 0 bridgehead atoms. The van der Waals surface area contributed by atoms with Gasteiger partial charge in [-0.1, -0.05) is 18.2 Å². The van der Waals surface area contributed by atoms with Crippen molar-refractivity contribution in [2.24, 2.45) is 11.7 Å². The number of pyridine rings is 1. The van der Waals surface area contributed by atoms with E-state index in [1.165, 1.54) is 10.7 Å². The van der Waals surface area contributed by atoms with Crippen LogP contribution in [0.25, 0.3) is 11.0 Å². The highest BCUT2D eigenvalue weighted by Gasteiger charge is 2.20. The smallest absolute Gasteiger partial charge is 0.264 e. The van der Waals surface area contributed by atoms with Gasteiger partial charge in [0.15, 0.2) is 11.3 Å². The summed E-state index contributed by atoms with van der Waals surface area (Å²) in [5, 5.41) is 5.15. The van der Waals surface area contributed by atoms with E-state index in [-0.39, 0.29) is 18.1 Å². The third-order valence-corrected chi connectivity index (χ3v) is 3.22. The Morgan fingerprint density at radius 1 is 1.23 bits per heavy atom. The van der Waals surface area contributed by atoms with Gasteiger partial charge in [-0.25, -0.2) is 30.9 Å². The number of hydrogen-bond acceptors (Lipinski definition) is 5. The number of nitrogens with two attached hydrogens (primary N) is 2. The molecule has 2 aromatic heterocycles. The summed E-state index contributed by atoms with van der Waals surface area (Å²) >= 11 is 0. The van der Waals surface area contributed by atoms with Crippen molar-refractivity contribution in [3.8, 4) is 0 Å². The number of hydrogen-bond donors (Lipinski definition) is 2. The van der Waals surface area contributed by atoms with Crippen molar-refractivity contribution >= 4 is 16.9 Å². The number of hydrazine groups is 2. The first kappa shape index (κ1) is 14.1. The fourth-order valence-corrected chi connectivity index (χ4v) is 2.19. The van der Waals surface area contributed by atoms with Crippen molar-refractivity contribution in [3.63, 3.8) is 0 Å². The fourth-order valence-electron chi connectivity index (χ4n) is 2.19. The Kier molecular flexibility index (Phi) is 3.53. The topological polar surface area (TPSA) is 103 Å². The molecule has 7 nitrogen and oxygen atoms in total. The summed E-state index contributed by atoms with van der Waals surface area (Å²) in [4.78, 5) is 16.2. The van der Waals surface area contributed by atoms with Crippen LogP contribution in [0.15, 0.2) is 42.6 Å². The zero-order valence-electron chi connectivity index (χ0n) is 11.5. The van der Waals surface area contributed by atoms with Gasteiger partial charge in [0.05, 0.1) is 11.9 Å². The Morgan fingerprint density at radius 3 is 2.73 bits per heavy atom. The molecule has 0 fully saturated rings. The highest BCUT2D eigenvalue weighted by atomic mass is 19.1. The average molecular weight is 300 g/mol. The number of rotatable bonds is 3. The monoisotopic (exact) mass is 300 g/mol. The van der Waals surface area contributed by atoms with Crippen molar-refractivity contribution in [1.29, 1.82) is 0 Å². The van der Waals surface area contributed by atoms with E-state index in [1.807, 2.05) is 0 Å². The van der Waals surface area contributed by atoms with Gasteiger partial charge in [0.2, 0.25) is 0 Å². The first-order chi connectivity index (χ1) is 10.6. The number of carbonyl (C=O) groups is 1. The highest BCUT2D eigenvalue weighted by molar-refractivity contribution is 6.03. The van der Waals surface area contributed by atoms with Crippen LogP contribution in [-0.2, 0) is 6.54 Å². The van der Waals surface area contributed by atoms with Gasteiger partial charge >= 0.3 is 5.91 Å². The zero-order valence-corrected chi connectivity index (χ0v) is 11.5. The molecule has 4 N–H and O–H groups in total. The van der Waals surface area contributed by atoms with Crippen LogP contribution in [0, 0.1) is 5.82 Å². The molecular weight excluding hydrogens is 287 g/mol. The lowest BCUT2D eigenvalue weighted by Gasteiger charge is -2.06. The lowest BCUT2D eigenvalue weighted by atomic mass is 10.2. The summed E-state index contributed by atoms with van der Waals surface area (Å²) < 4.78 is 15.2. The summed E-state index contributed by atoms with van der Waals surface area (Å²) in [5.41, 5.74) is 0.967. The number of benzene rings is 1. The van der Waals surface area contributed by atoms with Crippen molar-refractivity contribution in [2.75, 3.05) is 0 Å². The minimum atomic E-state index is -0.648. The van der Waals surface area contributed by atoms with Gasteiger partial charge in [0, 0.05) is 11.8 Å². The number of carbonyl (C=O) groups excluding carboxylic acids is 1. The number of halogens is 1. The Hall–Kier alpha value is -2.84. The third kappa shape index (κ3) is 2.41. The Morgan fingerprint density at radius 2 is 2.00 bits per heavy atom. The molecule has 3 rings (SSSR count). The van der Waals surface area contributed by atoms with Crippen molar-refractivity contribution in [1.82, 2.24) is 19.9 Å². The van der Waals surface area contributed by atoms with Crippen molar-refractivity contribution < 1.29 is 9.18 Å². The maximum Gasteiger partial charge on any atom is 0.303 e. The van der Waals surface area contributed by atoms with Crippen LogP contribution in [0.4, 0.5) is 4.39 Å². The summed E-state index contributed by atoms with van der Waals surface area (Å²) in [6.45, 7) is 0.141. The summed E-state index contributed by atoms with van der Waals surface area (Å²) in [5.74, 6) is 9.55. The second-order valence-corrected chi connectivity index (χ2v) is 4.68. The molecule has 2 heterocycles. The molecule has 0 aliphatic carbocycles. The lowest BCUT2D eigenvalue weighted by molar-refractivity contribution is 0.0750. The van der Waals surface area contributed by atoms with Crippen LogP contribution in [0.2, 0.25) is 0 Å². The van der Waals surface area contributed by atoms with Gasteiger partial charge in [-0.05, 0) is 18.2 Å². The van der Waals surface area contributed by atoms with E-state index in [0.717, 1.165) is 0 Å². The maximum absolute atomic E-state index is 13.8. The number of aromatic nitrogens is 3. The molecule has 3 aromatic rings. The second-order valence-electron chi connectivity index (χ2n) is 4.68. The molecule has 1 aromatic carbocycles. The van der Waals surface area contributed by atoms with E-state index in [0.29, 0.717) is 21.7 Å². The molecule has 22 heavy (non-hydrogen) atoms. The third-order valence-electron chi connectivity index (χ3n) is 3.22. The molecular formula is C14H13FN6O. The molecule has 0 radical (unpaired) electrons. The standard InChI is InChI=1S/C14H13FN6O/c15-11-6-2-1-4-9(11)8-20-13-10(5-3-7-18-13)12(19-20)14(22)21(16)17/h1-7H,8,16-17H2. The molecule has 0 saturated carbocycles. The van der Waals surface area contributed by atoms with Crippen LogP contribution in [0.3, 0.4) is 0 Å². The number of nitrogens with zero attached hydrogens (tertiary/aromatic N) is 4. The predicted octanol–water partition coefficient (Wildman–Crippen LogP) is 0.808. The Bertz CT molecular complexity index is 844. The molecule has 0 spiro atoms. The average Bonchev–Trinajstić information content (AvgIpc) is 2.88. The van der Waals surface area contributed by atoms with Crippen LogP contribution >= 0.6 is 0 Å². The van der Waals surface area contributed by atoms with E-state index in [2.05, 4.69) is 10.1 Å². The molecule has 0 saturated heterocycles. The van der Waals surface area contributed by atoms with Gasteiger partial charge in [0.1, 0.15) is 5.82 Å². The van der Waals surface area contributed by atoms with Crippen LogP contribution in [0.1, 0.15) is 16.1 Å². The molecule has 8 heteroatoms. The fraction of sp³-hybridized carbons (Fsp3) is 0.0714. The van der Waals surface area contributed by atoms with E-state index in [4.69, 9.17) is 11.7 Å². The normalized spacial score (nSPS) is 10.9. The number of fused-ring (bicyclic) bond motifs is 1. The minimum Gasteiger partial charge on any atom is -0.264 e. The Balaban J connectivity index is 2.11. The van der Waals surface area contributed by atoms with E-state index < -0.39 is 5.91 Å². The Labute approximate surface area is 124 Å². The van der Waals surface area contributed by atoms with Crippen molar-refractivity contribution in [3.05, 3.63) is 59.7 Å². The molecule has 0 aliphatic heterocycles. The second kappa shape index (κ2) is 5.51. The van der Waals surface area contributed by atoms with Gasteiger partial charge in [0.25, 0.3) is 0 Å². The van der Waals surface area contributed by atoms with Gasteiger partial charge < -0.3 is 0 Å². The lowest BCUT2D eigenvalue weighted by Crippen LogP contribution is -2.43. The summed E-state index contributed by atoms with van der Waals surface area (Å²) in [6, 6.07) is 9.70. The first-order valence-electron chi connectivity index (χ1n) is 6.46. The van der Waals surface area contributed by atoms with Gasteiger partial charge in [-0.3, -0.25) is 4.79 Å². The van der Waals surface area contributed by atoms with Crippen LogP contribution < -0.4 is 11.7 Å². The molecule has 1 amide bonds. The molecule has 0 atom stereocenters. The highest BCUT2D eigenvalue weighted by Crippen LogP contribution is 2.19. The van der Waals surface area contributed by atoms with Crippen molar-refractivity contribution in [2.45, 2.75) is 6.54 Å². The largest absolute Gasteiger partial charge is 0.303 e. The first-order valence-corrected chi connectivity index (χ1v) is 6.46. The summed E-state index contributed by atoms with van der Waals surface area (Å²) in [7, 11) is 0. The zero-order chi connectivity index (χ0) is 15.7. The van der Waals surface area contributed by atoms with E-state index in [1.54, 1.807) is 36.5 Å². The number of amides is 1.